The fraction of sp³-hybridized carbons (Fsp3) is 0.902. The second kappa shape index (κ2) is 26.0. The van der Waals surface area contributed by atoms with E-state index in [4.69, 9.17) is 61.6 Å². The van der Waals surface area contributed by atoms with Gasteiger partial charge in [-0.2, -0.15) is 0 Å². The molecule has 10 aliphatic rings. The van der Waals surface area contributed by atoms with E-state index in [-0.39, 0.29) is 29.1 Å². The largest absolute Gasteiger partial charge is 0.462 e. The maximum atomic E-state index is 14.7. The molecule has 27 nitrogen and oxygen atoms in total. The molecule has 0 aromatic carbocycles. The predicted octanol–water partition coefficient (Wildman–Crippen LogP) is -1.38. The van der Waals surface area contributed by atoms with E-state index in [0.717, 1.165) is 24.8 Å². The highest BCUT2D eigenvalue weighted by Crippen LogP contribution is 2.76. The minimum absolute atomic E-state index is 0.0287. The van der Waals surface area contributed by atoms with Crippen LogP contribution in [-0.4, -0.2) is 266 Å². The lowest BCUT2D eigenvalue weighted by Crippen LogP contribution is -2.66. The Hall–Kier alpha value is -2.50. The zero-order valence-electron chi connectivity index (χ0n) is 51.6. The number of ether oxygens (including phenoxy) is 13. The molecule has 88 heavy (non-hydrogen) atoms. The highest BCUT2D eigenvalue weighted by atomic mass is 16.8. The molecule has 4 aliphatic carbocycles. The fourth-order valence-corrected chi connectivity index (χ4v) is 17.7. The van der Waals surface area contributed by atoms with Crippen molar-refractivity contribution in [1.29, 1.82) is 0 Å². The van der Waals surface area contributed by atoms with E-state index in [1.165, 1.54) is 26.5 Å². The standard InChI is InChI=1S/C61H96O27/c1-25(2)19-28(80-27(4)64)20-60(9)36-14-17-59(8)30-11-12-35-57(5,6)37(15-16-58(35,7)29(30)13-18-61(36,59)56(75)88-60)84-55-50(40(68)34(24-78-55)83-53-43(71)41(69)38(66)32(21-62)81-53)87-52-44(72)42(70)47(26(3)79-52)85-51-45(73)48(31(65)23-77-51)86-54-46(74)49(76-10)39(67)33(22-63)82-54/h11,26,28-29,31-55,62-63,65-74H,1,12-24H2,2-10H3/t26?,28?,29-,31-,32?,33?,34-,35?,36?,37?,38-,39-,40?,41?,42?,43?,44?,45?,46?,47-,48?,49?,50?,51+,52+,53+,54+,55+,58?,59?,60?,61?/m1/s1. The number of fused-ring (bicyclic) bond motifs is 4. The molecule has 0 aromatic heterocycles. The highest BCUT2D eigenvalue weighted by molar-refractivity contribution is 5.83. The van der Waals surface area contributed by atoms with Crippen molar-refractivity contribution in [3.63, 3.8) is 0 Å². The number of hydrogen-bond donors (Lipinski definition) is 12. The van der Waals surface area contributed by atoms with E-state index in [1.807, 2.05) is 13.8 Å². The van der Waals surface area contributed by atoms with Crippen molar-refractivity contribution in [2.45, 2.75) is 272 Å². The van der Waals surface area contributed by atoms with E-state index in [2.05, 4.69) is 40.3 Å². The summed E-state index contributed by atoms with van der Waals surface area (Å²) in [5, 5.41) is 132. The Morgan fingerprint density at radius 2 is 1.26 bits per heavy atom. The summed E-state index contributed by atoms with van der Waals surface area (Å²) < 4.78 is 78.2. The molecule has 0 bridgehead atoms. The average molecular weight is 1260 g/mol. The molecule has 502 valence electrons. The molecular weight excluding hydrogens is 1160 g/mol. The van der Waals surface area contributed by atoms with Crippen LogP contribution in [0.25, 0.3) is 0 Å². The molecule has 0 amide bonds. The fourth-order valence-electron chi connectivity index (χ4n) is 17.7. The molecule has 3 saturated carbocycles. The zero-order valence-corrected chi connectivity index (χ0v) is 51.6. The zero-order chi connectivity index (χ0) is 64.1. The van der Waals surface area contributed by atoms with Crippen LogP contribution in [0.15, 0.2) is 23.8 Å². The average Bonchev–Trinajstić information content (AvgIpc) is 1.45. The molecule has 6 aliphatic heterocycles. The topological polar surface area (TPSA) is 397 Å². The van der Waals surface area contributed by atoms with Crippen LogP contribution in [0.4, 0.5) is 0 Å². The van der Waals surface area contributed by atoms with Crippen LogP contribution < -0.4 is 0 Å². The smallest absolute Gasteiger partial charge is 0.313 e. The third-order valence-corrected chi connectivity index (χ3v) is 22.2. The van der Waals surface area contributed by atoms with Crippen LogP contribution in [0.2, 0.25) is 0 Å². The molecule has 21 unspecified atom stereocenters. The van der Waals surface area contributed by atoms with Gasteiger partial charge < -0.3 is 123 Å². The number of aliphatic hydroxyl groups excluding tert-OH is 12. The summed E-state index contributed by atoms with van der Waals surface area (Å²) in [5.41, 5.74) is -0.808. The number of aliphatic hydroxyl groups is 12. The monoisotopic (exact) mass is 1260 g/mol. The number of hydrogen-bond acceptors (Lipinski definition) is 27. The van der Waals surface area contributed by atoms with E-state index in [1.54, 1.807) is 0 Å². The Balaban J connectivity index is 0.857. The highest BCUT2D eigenvalue weighted by Gasteiger charge is 2.76. The quantitative estimate of drug-likeness (QED) is 0.0556. The molecule has 12 N–H and O–H groups in total. The van der Waals surface area contributed by atoms with Crippen molar-refractivity contribution in [2.24, 2.45) is 39.4 Å². The van der Waals surface area contributed by atoms with Crippen LogP contribution in [0, 0.1) is 39.4 Å². The Labute approximate surface area is 512 Å². The number of esters is 2. The number of carbonyl (C=O) groups excluding carboxylic acids is 2. The Kier molecular flexibility index (Phi) is 20.2. The summed E-state index contributed by atoms with van der Waals surface area (Å²) in [7, 11) is 1.21. The summed E-state index contributed by atoms with van der Waals surface area (Å²) in [6.07, 6.45) is -29.8. The van der Waals surface area contributed by atoms with Crippen LogP contribution in [0.3, 0.4) is 0 Å². The maximum Gasteiger partial charge on any atom is 0.313 e. The molecule has 27 heteroatoms. The lowest BCUT2D eigenvalue weighted by molar-refractivity contribution is -0.390. The van der Waals surface area contributed by atoms with Gasteiger partial charge in [-0.05, 0) is 88.4 Å². The van der Waals surface area contributed by atoms with Crippen molar-refractivity contribution in [2.75, 3.05) is 33.5 Å². The van der Waals surface area contributed by atoms with Gasteiger partial charge >= 0.3 is 11.9 Å². The Morgan fingerprint density at radius 1 is 0.648 bits per heavy atom. The number of methoxy groups -OCH3 is 1. The minimum Gasteiger partial charge on any atom is -0.462 e. The molecular formula is C61H96O27. The van der Waals surface area contributed by atoms with Crippen LogP contribution >= 0.6 is 0 Å². The second-order valence-electron chi connectivity index (χ2n) is 27.9. The van der Waals surface area contributed by atoms with E-state index in [9.17, 15) is 70.9 Å². The van der Waals surface area contributed by atoms with Gasteiger partial charge in [0, 0.05) is 38.2 Å². The summed E-state index contributed by atoms with van der Waals surface area (Å²) in [4.78, 5) is 26.9. The van der Waals surface area contributed by atoms with Gasteiger partial charge in [0.25, 0.3) is 0 Å². The van der Waals surface area contributed by atoms with Crippen molar-refractivity contribution < 1.29 is 132 Å². The van der Waals surface area contributed by atoms with Gasteiger partial charge in [-0.1, -0.05) is 44.9 Å². The number of allylic oxidation sites excluding steroid dienone is 2. The predicted molar refractivity (Wildman–Crippen MR) is 298 cm³/mol. The van der Waals surface area contributed by atoms with Crippen LogP contribution in [-0.2, 0) is 71.2 Å². The molecule has 6 saturated heterocycles. The summed E-state index contributed by atoms with van der Waals surface area (Å²) >= 11 is 0. The minimum atomic E-state index is -1.96. The molecule has 32 atom stereocenters. The number of carbonyl (C=O) groups is 2. The molecule has 0 aromatic rings. The van der Waals surface area contributed by atoms with Gasteiger partial charge in [0.15, 0.2) is 31.5 Å². The summed E-state index contributed by atoms with van der Waals surface area (Å²) in [6.45, 7) is 17.3. The lowest BCUT2D eigenvalue weighted by Gasteiger charge is -2.64. The molecule has 6 heterocycles. The summed E-state index contributed by atoms with van der Waals surface area (Å²) in [6, 6.07) is 0. The molecule has 10 rings (SSSR count). The van der Waals surface area contributed by atoms with Crippen LogP contribution in [0.1, 0.15) is 113 Å². The van der Waals surface area contributed by atoms with Crippen molar-refractivity contribution >= 4 is 11.9 Å². The van der Waals surface area contributed by atoms with Gasteiger partial charge in [-0.25, -0.2) is 0 Å². The third-order valence-electron chi connectivity index (χ3n) is 22.2. The molecule has 9 fully saturated rings. The van der Waals surface area contributed by atoms with Gasteiger partial charge in [-0.3, -0.25) is 9.59 Å². The Morgan fingerprint density at radius 3 is 1.92 bits per heavy atom. The maximum absolute atomic E-state index is 14.7. The normalized spacial score (nSPS) is 51.2. The number of cyclic esters (lactones) is 1. The van der Waals surface area contributed by atoms with Crippen molar-refractivity contribution in [3.8, 4) is 0 Å². The molecule has 1 spiro atoms. The van der Waals surface area contributed by atoms with Crippen LogP contribution in [0.5, 0.6) is 0 Å². The number of rotatable bonds is 18. The van der Waals surface area contributed by atoms with E-state index >= 15 is 0 Å². The first kappa shape index (κ1) is 68.4. The summed E-state index contributed by atoms with van der Waals surface area (Å²) in [5.74, 6) is -0.542. The van der Waals surface area contributed by atoms with Gasteiger partial charge in [0.1, 0.15) is 115 Å². The SMILES string of the molecule is C=C(C)CC(CC1(C)OC(=O)C23CC[C@@H]4C(=CCC5C(C)(C)C(O[C@@H]6OC[C@@H](O[C@@H]7OC(CO)[C@@H](O)C(O)C7O)C(O)C6O[C@@H]6OC(C)[C@@H](O[C@@H]7OC[C@@H](O)C(O[C@@H]8OC(CO)[C@@H](O)C(OC)C8O)C7O)C(O)C6O)CCC54C)C2(C)CCC13)OC(C)=O. The Bertz CT molecular complexity index is 2490. The molecule has 0 radical (unpaired) electrons. The first-order valence-electron chi connectivity index (χ1n) is 31.2. The van der Waals surface area contributed by atoms with E-state index in [0.29, 0.717) is 38.5 Å². The first-order valence-corrected chi connectivity index (χ1v) is 31.2. The lowest BCUT2D eigenvalue weighted by atomic mass is 9.41. The third kappa shape index (κ3) is 11.8. The van der Waals surface area contributed by atoms with Gasteiger partial charge in [0.2, 0.25) is 0 Å². The first-order chi connectivity index (χ1) is 41.4. The van der Waals surface area contributed by atoms with Gasteiger partial charge in [-0.15, -0.1) is 6.58 Å². The second-order valence-corrected chi connectivity index (χ2v) is 27.9. The van der Waals surface area contributed by atoms with Crippen molar-refractivity contribution in [1.82, 2.24) is 0 Å². The van der Waals surface area contributed by atoms with E-state index < -0.39 is 208 Å². The van der Waals surface area contributed by atoms with Crippen molar-refractivity contribution in [3.05, 3.63) is 23.8 Å². The van der Waals surface area contributed by atoms with Gasteiger partial charge in [0.05, 0.1) is 44.1 Å².